The number of nitrogens with zero attached hydrogens (tertiary/aromatic N) is 2. The normalized spacial score (nSPS) is 14.4. The Hall–Kier alpha value is -1.52. The molecule has 1 amide bonds. The first-order valence-electron chi connectivity index (χ1n) is 4.24. The van der Waals surface area contributed by atoms with E-state index in [2.05, 4.69) is 10.2 Å². The zero-order valence-corrected chi connectivity index (χ0v) is 7.41. The van der Waals surface area contributed by atoms with Crippen molar-refractivity contribution in [3.63, 3.8) is 0 Å². The van der Waals surface area contributed by atoms with Crippen molar-refractivity contribution in [2.45, 2.75) is 20.0 Å². The number of carbonyl (C=O) groups is 1. The van der Waals surface area contributed by atoms with Gasteiger partial charge in [-0.2, -0.15) is 5.10 Å². The van der Waals surface area contributed by atoms with E-state index >= 15 is 0 Å². The van der Waals surface area contributed by atoms with Gasteiger partial charge in [0.05, 0.1) is 31.6 Å². The van der Waals surface area contributed by atoms with Gasteiger partial charge in [0, 0.05) is 5.56 Å². The van der Waals surface area contributed by atoms with Crippen LogP contribution in [0.25, 0.3) is 0 Å². The van der Waals surface area contributed by atoms with Gasteiger partial charge in [0.1, 0.15) is 0 Å². The van der Waals surface area contributed by atoms with Gasteiger partial charge in [0.25, 0.3) is 0 Å². The highest BCUT2D eigenvalue weighted by Crippen LogP contribution is 2.20. The average molecular weight is 181 g/mol. The molecule has 1 aliphatic heterocycles. The van der Waals surface area contributed by atoms with E-state index in [1.807, 2.05) is 0 Å². The fourth-order valence-corrected chi connectivity index (χ4v) is 1.41. The summed E-state index contributed by atoms with van der Waals surface area (Å²) in [5.41, 5.74) is 2.08. The summed E-state index contributed by atoms with van der Waals surface area (Å²) in [4.78, 5) is 12.9. The zero-order valence-electron chi connectivity index (χ0n) is 7.41. The second kappa shape index (κ2) is 3.08. The van der Waals surface area contributed by atoms with Crippen LogP contribution in [0.5, 0.6) is 0 Å². The maximum absolute atomic E-state index is 11.3. The van der Waals surface area contributed by atoms with Crippen LogP contribution in [0.15, 0.2) is 6.20 Å². The Morgan fingerprint density at radius 1 is 1.77 bits per heavy atom. The fraction of sp³-hybridized carbons (Fsp3) is 0.500. The highest BCUT2D eigenvalue weighted by atomic mass is 16.6. The monoisotopic (exact) mass is 181 g/mol. The molecule has 2 rings (SSSR count). The minimum absolute atomic E-state index is 0.257. The van der Waals surface area contributed by atoms with Crippen molar-refractivity contribution >= 4 is 6.09 Å². The lowest BCUT2D eigenvalue weighted by atomic mass is 10.3. The summed E-state index contributed by atoms with van der Waals surface area (Å²) in [5, 5.41) is 6.72. The Morgan fingerprint density at radius 2 is 2.62 bits per heavy atom. The van der Waals surface area contributed by atoms with Crippen molar-refractivity contribution in [1.29, 1.82) is 0 Å². The second-order valence-corrected chi connectivity index (χ2v) is 2.93. The van der Waals surface area contributed by atoms with Crippen molar-refractivity contribution in [3.8, 4) is 0 Å². The molecule has 2 heterocycles. The quantitative estimate of drug-likeness (QED) is 0.699. The molecule has 5 heteroatoms. The molecule has 1 aromatic rings. The SMILES string of the molecule is CCOC(=O)N1Cc2cn[nH]c2C1. The second-order valence-electron chi connectivity index (χ2n) is 2.93. The lowest BCUT2D eigenvalue weighted by Gasteiger charge is -2.13. The average Bonchev–Trinajstić information content (AvgIpc) is 2.61. The van der Waals surface area contributed by atoms with Gasteiger partial charge in [0.15, 0.2) is 0 Å². The van der Waals surface area contributed by atoms with Crippen molar-refractivity contribution in [2.24, 2.45) is 0 Å². The molecule has 70 valence electrons. The molecule has 0 unspecified atom stereocenters. The van der Waals surface area contributed by atoms with Gasteiger partial charge in [-0.1, -0.05) is 0 Å². The third kappa shape index (κ3) is 1.37. The maximum atomic E-state index is 11.3. The number of hydrogen-bond donors (Lipinski definition) is 1. The van der Waals surface area contributed by atoms with Gasteiger partial charge in [-0.25, -0.2) is 4.79 Å². The number of H-pyrrole nitrogens is 1. The van der Waals surface area contributed by atoms with Crippen LogP contribution >= 0.6 is 0 Å². The number of aromatic nitrogens is 2. The Morgan fingerprint density at radius 3 is 3.31 bits per heavy atom. The Kier molecular flexibility index (Phi) is 1.92. The Bertz CT molecular complexity index is 300. The number of aromatic amines is 1. The predicted molar refractivity (Wildman–Crippen MR) is 44.9 cm³/mol. The van der Waals surface area contributed by atoms with Crippen molar-refractivity contribution in [3.05, 3.63) is 17.5 Å². The Balaban J connectivity index is 2.01. The van der Waals surface area contributed by atoms with E-state index in [4.69, 9.17) is 4.74 Å². The summed E-state index contributed by atoms with van der Waals surface area (Å²) in [6.45, 7) is 3.40. The van der Waals surface area contributed by atoms with E-state index in [1.165, 1.54) is 0 Å². The lowest BCUT2D eigenvalue weighted by molar-refractivity contribution is 0.106. The summed E-state index contributed by atoms with van der Waals surface area (Å²) >= 11 is 0. The number of fused-ring (bicyclic) bond motifs is 1. The molecule has 0 spiro atoms. The van der Waals surface area contributed by atoms with Crippen LogP contribution in [0.2, 0.25) is 0 Å². The molecule has 0 aromatic carbocycles. The van der Waals surface area contributed by atoms with Crippen LogP contribution in [-0.4, -0.2) is 27.8 Å². The number of rotatable bonds is 1. The number of nitrogens with one attached hydrogen (secondary N) is 1. The van der Waals surface area contributed by atoms with Crippen molar-refractivity contribution in [2.75, 3.05) is 6.61 Å². The summed E-state index contributed by atoms with van der Waals surface area (Å²) in [7, 11) is 0. The van der Waals surface area contributed by atoms with Crippen molar-refractivity contribution < 1.29 is 9.53 Å². The van der Waals surface area contributed by atoms with Gasteiger partial charge in [-0.3, -0.25) is 10.00 Å². The molecule has 1 N–H and O–H groups in total. The van der Waals surface area contributed by atoms with Gasteiger partial charge >= 0.3 is 6.09 Å². The van der Waals surface area contributed by atoms with E-state index < -0.39 is 0 Å². The van der Waals surface area contributed by atoms with Crippen LogP contribution in [0.4, 0.5) is 4.79 Å². The van der Waals surface area contributed by atoms with Gasteiger partial charge in [-0.05, 0) is 6.92 Å². The molecule has 5 nitrogen and oxygen atoms in total. The molecule has 0 bridgehead atoms. The summed E-state index contributed by atoms with van der Waals surface area (Å²) in [5.74, 6) is 0. The first-order valence-corrected chi connectivity index (χ1v) is 4.24. The molecular weight excluding hydrogens is 170 g/mol. The highest BCUT2D eigenvalue weighted by molar-refractivity contribution is 5.68. The molecule has 0 saturated carbocycles. The van der Waals surface area contributed by atoms with Gasteiger partial charge in [0.2, 0.25) is 0 Å². The molecule has 0 saturated heterocycles. The molecule has 0 radical (unpaired) electrons. The minimum atomic E-state index is -0.257. The fourth-order valence-electron chi connectivity index (χ4n) is 1.41. The minimum Gasteiger partial charge on any atom is -0.450 e. The topological polar surface area (TPSA) is 58.2 Å². The Labute approximate surface area is 75.7 Å². The number of amides is 1. The van der Waals surface area contributed by atoms with Gasteiger partial charge in [-0.15, -0.1) is 0 Å². The number of hydrogen-bond acceptors (Lipinski definition) is 3. The smallest absolute Gasteiger partial charge is 0.410 e. The van der Waals surface area contributed by atoms with E-state index in [9.17, 15) is 4.79 Å². The largest absolute Gasteiger partial charge is 0.450 e. The molecule has 0 fully saturated rings. The number of carbonyl (C=O) groups excluding carboxylic acids is 1. The van der Waals surface area contributed by atoms with Crippen LogP contribution in [0.3, 0.4) is 0 Å². The molecule has 13 heavy (non-hydrogen) atoms. The molecule has 1 aromatic heterocycles. The van der Waals surface area contributed by atoms with Crippen molar-refractivity contribution in [1.82, 2.24) is 15.1 Å². The predicted octanol–water partition coefficient (Wildman–Crippen LogP) is 0.882. The van der Waals surface area contributed by atoms with Crippen LogP contribution in [0, 0.1) is 0 Å². The molecular formula is C8H11N3O2. The van der Waals surface area contributed by atoms with E-state index in [1.54, 1.807) is 18.0 Å². The lowest BCUT2D eigenvalue weighted by Crippen LogP contribution is -2.26. The summed E-state index contributed by atoms with van der Waals surface area (Å²) < 4.78 is 4.88. The third-order valence-electron chi connectivity index (χ3n) is 2.04. The first-order chi connectivity index (χ1) is 6.31. The molecule has 0 atom stereocenters. The van der Waals surface area contributed by atoms with E-state index in [-0.39, 0.29) is 6.09 Å². The first kappa shape index (κ1) is 8.10. The van der Waals surface area contributed by atoms with E-state index in [0.29, 0.717) is 19.7 Å². The number of ether oxygens (including phenoxy) is 1. The van der Waals surface area contributed by atoms with Crippen LogP contribution in [-0.2, 0) is 17.8 Å². The maximum Gasteiger partial charge on any atom is 0.410 e. The van der Waals surface area contributed by atoms with Gasteiger partial charge < -0.3 is 4.74 Å². The standard InChI is InChI=1S/C8H11N3O2/c1-2-13-8(12)11-4-6-3-9-10-7(6)5-11/h3H,2,4-5H2,1H3,(H,9,10). The molecule has 1 aliphatic rings. The van der Waals surface area contributed by atoms with Crippen LogP contribution < -0.4 is 0 Å². The summed E-state index contributed by atoms with van der Waals surface area (Å²) in [6, 6.07) is 0. The third-order valence-corrected chi connectivity index (χ3v) is 2.04. The van der Waals surface area contributed by atoms with Crippen LogP contribution in [0.1, 0.15) is 18.2 Å². The molecule has 0 aliphatic carbocycles. The zero-order chi connectivity index (χ0) is 9.26. The highest BCUT2D eigenvalue weighted by Gasteiger charge is 2.25. The van der Waals surface area contributed by atoms with E-state index in [0.717, 1.165) is 11.3 Å². The summed E-state index contributed by atoms with van der Waals surface area (Å²) in [6.07, 6.45) is 1.49.